The number of nitrogens with zero attached hydrogens (tertiary/aromatic N) is 1. The first kappa shape index (κ1) is 10.8. The van der Waals surface area contributed by atoms with E-state index >= 15 is 0 Å². The van der Waals surface area contributed by atoms with Crippen LogP contribution in [0, 0.1) is 17.5 Å². The molecule has 3 N–H and O–H groups in total. The van der Waals surface area contributed by atoms with Gasteiger partial charge in [0.1, 0.15) is 5.82 Å². The third kappa shape index (κ3) is 1.51. The minimum Gasteiger partial charge on any atom is -0.384 e. The molecule has 0 bridgehead atoms. The Labute approximate surface area is 93.0 Å². The van der Waals surface area contributed by atoms with Crippen LogP contribution in [0.25, 0.3) is 11.1 Å². The molecule has 7 heteroatoms. The average molecular weight is 248 g/mol. The van der Waals surface area contributed by atoms with Crippen LogP contribution in [-0.2, 0) is 0 Å². The van der Waals surface area contributed by atoms with Gasteiger partial charge in [0.25, 0.3) is 0 Å². The van der Waals surface area contributed by atoms with E-state index < -0.39 is 28.0 Å². The maximum atomic E-state index is 13.5. The number of rotatable bonds is 1. The van der Waals surface area contributed by atoms with Crippen molar-refractivity contribution in [2.45, 2.75) is 0 Å². The number of hydrogen-bond donors (Lipinski definition) is 2. The summed E-state index contributed by atoms with van der Waals surface area (Å²) in [7, 11) is 0. The molecule has 0 radical (unpaired) electrons. The molecule has 1 aromatic heterocycles. The van der Waals surface area contributed by atoms with Gasteiger partial charge in [-0.05, 0) is 6.07 Å². The zero-order valence-electron chi connectivity index (χ0n) is 7.69. The highest BCUT2D eigenvalue weighted by Gasteiger charge is 2.21. The van der Waals surface area contributed by atoms with E-state index in [1.54, 1.807) is 0 Å². The zero-order valence-corrected chi connectivity index (χ0v) is 8.45. The van der Waals surface area contributed by atoms with Crippen molar-refractivity contribution in [2.24, 2.45) is 0 Å². The number of nitrogens with one attached hydrogen (secondary N) is 1. The summed E-state index contributed by atoms with van der Waals surface area (Å²) in [6.07, 6.45) is 1.09. The zero-order chi connectivity index (χ0) is 11.9. The number of aromatic amines is 1. The fourth-order valence-electron chi connectivity index (χ4n) is 1.30. The Hall–Kier alpha value is -1.69. The van der Waals surface area contributed by atoms with Gasteiger partial charge in [0.2, 0.25) is 0 Å². The van der Waals surface area contributed by atoms with E-state index in [0.717, 1.165) is 6.20 Å². The standard InChI is InChI=1S/C9H5ClF3N3/c10-4-1-5(11)8(13)6(7(4)12)3-2-15-16-9(3)14/h1-2H,(H3,14,15,16). The lowest BCUT2D eigenvalue weighted by molar-refractivity contribution is 0.499. The summed E-state index contributed by atoms with van der Waals surface area (Å²) >= 11 is 5.41. The molecule has 0 saturated heterocycles. The largest absolute Gasteiger partial charge is 0.384 e. The van der Waals surface area contributed by atoms with E-state index in [2.05, 4.69) is 10.2 Å². The van der Waals surface area contributed by atoms with Crippen molar-refractivity contribution in [2.75, 3.05) is 5.73 Å². The number of benzene rings is 1. The summed E-state index contributed by atoms with van der Waals surface area (Å²) < 4.78 is 40.0. The first-order valence-electron chi connectivity index (χ1n) is 4.14. The fraction of sp³-hybridized carbons (Fsp3) is 0. The van der Waals surface area contributed by atoms with E-state index in [-0.39, 0.29) is 11.4 Å². The van der Waals surface area contributed by atoms with Crippen molar-refractivity contribution in [3.05, 3.63) is 34.7 Å². The Kier molecular flexibility index (Phi) is 2.51. The number of nitrogens with two attached hydrogens (primary N) is 1. The molecule has 0 aliphatic heterocycles. The lowest BCUT2D eigenvalue weighted by Crippen LogP contribution is -1.97. The molecule has 1 heterocycles. The van der Waals surface area contributed by atoms with Crippen molar-refractivity contribution < 1.29 is 13.2 Å². The van der Waals surface area contributed by atoms with Crippen LogP contribution in [-0.4, -0.2) is 10.2 Å². The number of H-pyrrole nitrogens is 1. The number of anilines is 1. The fourth-order valence-corrected chi connectivity index (χ4v) is 1.50. The predicted molar refractivity (Wildman–Crippen MR) is 53.3 cm³/mol. The molecule has 2 rings (SSSR count). The van der Waals surface area contributed by atoms with Gasteiger partial charge in [0.15, 0.2) is 17.5 Å². The molecule has 0 amide bonds. The van der Waals surface area contributed by atoms with Gasteiger partial charge in [-0.15, -0.1) is 0 Å². The van der Waals surface area contributed by atoms with E-state index in [0.29, 0.717) is 6.07 Å². The quantitative estimate of drug-likeness (QED) is 0.762. The third-order valence-electron chi connectivity index (χ3n) is 2.05. The molecule has 0 atom stereocenters. The second-order valence-corrected chi connectivity index (χ2v) is 3.45. The lowest BCUT2D eigenvalue weighted by atomic mass is 10.1. The third-order valence-corrected chi connectivity index (χ3v) is 2.32. The summed E-state index contributed by atoms with van der Waals surface area (Å²) in [5.41, 5.74) is 4.69. The molecular formula is C9H5ClF3N3. The first-order valence-corrected chi connectivity index (χ1v) is 4.52. The highest BCUT2D eigenvalue weighted by Crippen LogP contribution is 2.34. The van der Waals surface area contributed by atoms with Crippen molar-refractivity contribution >= 4 is 17.4 Å². The van der Waals surface area contributed by atoms with Crippen molar-refractivity contribution in [1.29, 1.82) is 0 Å². The Morgan fingerprint density at radius 3 is 2.50 bits per heavy atom. The van der Waals surface area contributed by atoms with Crippen LogP contribution in [0.1, 0.15) is 0 Å². The highest BCUT2D eigenvalue weighted by atomic mass is 35.5. The average Bonchev–Trinajstić information content (AvgIpc) is 2.63. The smallest absolute Gasteiger partial charge is 0.169 e. The minimum atomic E-state index is -1.35. The van der Waals surface area contributed by atoms with Gasteiger partial charge < -0.3 is 5.73 Å². The highest BCUT2D eigenvalue weighted by molar-refractivity contribution is 6.31. The summed E-state index contributed by atoms with van der Waals surface area (Å²) in [5, 5.41) is 5.26. The van der Waals surface area contributed by atoms with Crippen molar-refractivity contribution in [3.63, 3.8) is 0 Å². The van der Waals surface area contributed by atoms with Gasteiger partial charge in [0.05, 0.1) is 16.8 Å². The number of nitrogen functional groups attached to an aromatic ring is 1. The van der Waals surface area contributed by atoms with Crippen molar-refractivity contribution in [1.82, 2.24) is 10.2 Å². The van der Waals surface area contributed by atoms with Crippen LogP contribution < -0.4 is 5.73 Å². The molecule has 2 aromatic rings. The van der Waals surface area contributed by atoms with Crippen LogP contribution >= 0.6 is 11.6 Å². The van der Waals surface area contributed by atoms with Gasteiger partial charge in [0, 0.05) is 5.56 Å². The van der Waals surface area contributed by atoms with E-state index in [1.165, 1.54) is 0 Å². The molecule has 3 nitrogen and oxygen atoms in total. The maximum Gasteiger partial charge on any atom is 0.169 e. The Balaban J connectivity index is 2.79. The molecule has 1 aromatic carbocycles. The lowest BCUT2D eigenvalue weighted by Gasteiger charge is -2.06. The van der Waals surface area contributed by atoms with Crippen LogP contribution in [0.15, 0.2) is 12.3 Å². The number of halogens is 4. The van der Waals surface area contributed by atoms with E-state index in [9.17, 15) is 13.2 Å². The second-order valence-electron chi connectivity index (χ2n) is 3.04. The molecule has 0 saturated carbocycles. The summed E-state index contributed by atoms with van der Waals surface area (Å²) in [6.45, 7) is 0. The second kappa shape index (κ2) is 3.71. The Bertz CT molecular complexity index is 527. The molecular weight excluding hydrogens is 243 g/mol. The predicted octanol–water partition coefficient (Wildman–Crippen LogP) is 2.73. The van der Waals surface area contributed by atoms with Crippen LogP contribution in [0.4, 0.5) is 19.0 Å². The molecule has 84 valence electrons. The van der Waals surface area contributed by atoms with Gasteiger partial charge in [-0.1, -0.05) is 11.6 Å². The Morgan fingerprint density at radius 1 is 1.25 bits per heavy atom. The SMILES string of the molecule is Nc1[nH]ncc1-c1c(F)c(F)cc(Cl)c1F. The summed E-state index contributed by atoms with van der Waals surface area (Å²) in [6, 6.07) is 0.562. The molecule has 16 heavy (non-hydrogen) atoms. The molecule has 0 aliphatic rings. The maximum absolute atomic E-state index is 13.5. The van der Waals surface area contributed by atoms with Crippen molar-refractivity contribution in [3.8, 4) is 11.1 Å². The summed E-state index contributed by atoms with van der Waals surface area (Å²) in [4.78, 5) is 0. The van der Waals surface area contributed by atoms with Crippen LogP contribution in [0.3, 0.4) is 0 Å². The van der Waals surface area contributed by atoms with Gasteiger partial charge in [-0.3, -0.25) is 5.10 Å². The topological polar surface area (TPSA) is 54.7 Å². The molecule has 0 unspecified atom stereocenters. The number of hydrogen-bond acceptors (Lipinski definition) is 2. The van der Waals surface area contributed by atoms with Crippen LogP contribution in [0.2, 0.25) is 5.02 Å². The molecule has 0 aliphatic carbocycles. The minimum absolute atomic E-state index is 0.0699. The van der Waals surface area contributed by atoms with Gasteiger partial charge in [-0.25, -0.2) is 13.2 Å². The normalized spacial score (nSPS) is 10.8. The summed E-state index contributed by atoms with van der Waals surface area (Å²) in [5.74, 6) is -3.75. The first-order chi connectivity index (χ1) is 7.52. The number of aromatic nitrogens is 2. The monoisotopic (exact) mass is 247 g/mol. The molecule has 0 fully saturated rings. The van der Waals surface area contributed by atoms with E-state index in [4.69, 9.17) is 17.3 Å². The van der Waals surface area contributed by atoms with E-state index in [1.807, 2.05) is 0 Å². The van der Waals surface area contributed by atoms with Gasteiger partial charge >= 0.3 is 0 Å². The molecule has 0 spiro atoms. The Morgan fingerprint density at radius 2 is 1.94 bits per heavy atom. The van der Waals surface area contributed by atoms with Crippen LogP contribution in [0.5, 0.6) is 0 Å². The van der Waals surface area contributed by atoms with Gasteiger partial charge in [-0.2, -0.15) is 5.10 Å².